The maximum atomic E-state index is 11.8. The van der Waals surface area contributed by atoms with Crippen LogP contribution < -0.4 is 5.32 Å². The molecule has 1 aliphatic rings. The second-order valence-corrected chi connectivity index (χ2v) is 5.40. The number of hydrogen-bond acceptors (Lipinski definition) is 4. The maximum Gasteiger partial charge on any atom is 0.228 e. The van der Waals surface area contributed by atoms with E-state index in [2.05, 4.69) is 15.4 Å². The molecule has 0 aromatic carbocycles. The quantitative estimate of drug-likeness (QED) is 0.924. The van der Waals surface area contributed by atoms with Crippen molar-refractivity contribution in [1.82, 2.24) is 14.6 Å². The maximum absolute atomic E-state index is 11.8. The van der Waals surface area contributed by atoms with Gasteiger partial charge >= 0.3 is 0 Å². The van der Waals surface area contributed by atoms with Crippen LogP contribution in [-0.4, -0.2) is 20.5 Å². The van der Waals surface area contributed by atoms with Crippen molar-refractivity contribution in [3.63, 3.8) is 0 Å². The van der Waals surface area contributed by atoms with E-state index in [-0.39, 0.29) is 17.7 Å². The first-order chi connectivity index (χ1) is 9.58. The zero-order valence-electron chi connectivity index (χ0n) is 11.4. The monoisotopic (exact) mass is 269 g/mol. The third-order valence-corrected chi connectivity index (χ3v) is 3.36. The number of fused-ring (bicyclic) bond motifs is 1. The number of nitrogens with one attached hydrogen (secondary N) is 1. The van der Waals surface area contributed by atoms with Crippen LogP contribution in [0, 0.1) is 17.2 Å². The van der Waals surface area contributed by atoms with Crippen molar-refractivity contribution < 1.29 is 4.79 Å². The Kier molecular flexibility index (Phi) is 2.90. The molecule has 1 aliphatic carbocycles. The first kappa shape index (κ1) is 12.6. The van der Waals surface area contributed by atoms with Crippen LogP contribution in [-0.2, 0) is 4.79 Å². The molecule has 1 N–H and O–H groups in total. The Morgan fingerprint density at radius 3 is 2.85 bits per heavy atom. The van der Waals surface area contributed by atoms with Gasteiger partial charge in [-0.3, -0.25) is 4.79 Å². The number of amides is 1. The zero-order valence-corrected chi connectivity index (χ0v) is 11.4. The van der Waals surface area contributed by atoms with Crippen molar-refractivity contribution in [2.24, 2.45) is 5.92 Å². The summed E-state index contributed by atoms with van der Waals surface area (Å²) in [5, 5.41) is 16.0. The molecule has 1 saturated carbocycles. The van der Waals surface area contributed by atoms with Crippen LogP contribution in [0.4, 0.5) is 5.82 Å². The summed E-state index contributed by atoms with van der Waals surface area (Å²) < 4.78 is 1.66. The molecule has 2 aromatic heterocycles. The van der Waals surface area contributed by atoms with Gasteiger partial charge in [-0.05, 0) is 18.8 Å². The van der Waals surface area contributed by atoms with Gasteiger partial charge in [-0.2, -0.15) is 10.4 Å². The molecule has 2 heterocycles. The lowest BCUT2D eigenvalue weighted by Gasteiger charge is -2.11. The number of hydrogen-bond donors (Lipinski definition) is 1. The van der Waals surface area contributed by atoms with E-state index < -0.39 is 0 Å². The molecule has 2 aromatic rings. The Morgan fingerprint density at radius 1 is 1.50 bits per heavy atom. The molecule has 20 heavy (non-hydrogen) atoms. The van der Waals surface area contributed by atoms with E-state index in [1.54, 1.807) is 10.6 Å². The van der Waals surface area contributed by atoms with Gasteiger partial charge in [0.05, 0.1) is 5.69 Å². The SMILES string of the molecule is CC(C)c1cc(NC(=O)C2CC2)nc2cc(C#N)nn12. The Balaban J connectivity index is 2.04. The van der Waals surface area contributed by atoms with Gasteiger partial charge < -0.3 is 5.32 Å². The number of aromatic nitrogens is 3. The normalized spacial score (nSPS) is 14.5. The smallest absolute Gasteiger partial charge is 0.228 e. The van der Waals surface area contributed by atoms with E-state index in [9.17, 15) is 4.79 Å². The minimum absolute atomic E-state index is 0.0246. The van der Waals surface area contributed by atoms with Crippen LogP contribution in [0.3, 0.4) is 0 Å². The molecular formula is C14H15N5O. The molecule has 3 rings (SSSR count). The van der Waals surface area contributed by atoms with E-state index in [1.807, 2.05) is 26.0 Å². The molecule has 0 atom stereocenters. The van der Waals surface area contributed by atoms with Gasteiger partial charge in [-0.1, -0.05) is 13.8 Å². The fourth-order valence-corrected chi connectivity index (χ4v) is 2.10. The zero-order chi connectivity index (χ0) is 14.3. The van der Waals surface area contributed by atoms with Crippen molar-refractivity contribution >= 4 is 17.4 Å². The first-order valence-corrected chi connectivity index (χ1v) is 6.70. The number of rotatable bonds is 3. The Bertz CT molecular complexity index is 721. The van der Waals surface area contributed by atoms with E-state index in [0.29, 0.717) is 17.2 Å². The molecule has 1 fully saturated rings. The summed E-state index contributed by atoms with van der Waals surface area (Å²) in [5.41, 5.74) is 1.83. The third kappa shape index (κ3) is 2.23. The first-order valence-electron chi connectivity index (χ1n) is 6.70. The second-order valence-electron chi connectivity index (χ2n) is 5.40. The molecule has 0 spiro atoms. The molecule has 102 valence electrons. The molecular weight excluding hydrogens is 254 g/mol. The van der Waals surface area contributed by atoms with E-state index in [1.165, 1.54) is 0 Å². The number of carbonyl (C=O) groups excluding carboxylic acids is 1. The topological polar surface area (TPSA) is 83.1 Å². The molecule has 0 aliphatic heterocycles. The summed E-state index contributed by atoms with van der Waals surface area (Å²) in [6.07, 6.45) is 1.91. The molecule has 1 amide bonds. The van der Waals surface area contributed by atoms with Gasteiger partial charge in [0, 0.05) is 18.1 Å². The highest BCUT2D eigenvalue weighted by Crippen LogP contribution is 2.30. The second kappa shape index (κ2) is 4.60. The van der Waals surface area contributed by atoms with Gasteiger partial charge in [-0.15, -0.1) is 0 Å². The van der Waals surface area contributed by atoms with Crippen molar-refractivity contribution in [3.05, 3.63) is 23.5 Å². The summed E-state index contributed by atoms with van der Waals surface area (Å²) in [5.74, 6) is 0.901. The minimum Gasteiger partial charge on any atom is -0.310 e. The fraction of sp³-hybridized carbons (Fsp3) is 0.429. The van der Waals surface area contributed by atoms with Crippen molar-refractivity contribution in [3.8, 4) is 6.07 Å². The van der Waals surface area contributed by atoms with Crippen LogP contribution in [0.5, 0.6) is 0 Å². The lowest BCUT2D eigenvalue weighted by molar-refractivity contribution is -0.117. The minimum atomic E-state index is 0.0246. The van der Waals surface area contributed by atoms with Crippen molar-refractivity contribution in [2.45, 2.75) is 32.6 Å². The molecule has 0 unspecified atom stereocenters. The standard InChI is InChI=1S/C14H15N5O/c1-8(2)11-6-12(17-14(20)9-3-4-9)16-13-5-10(7-15)18-19(11)13/h5-6,8-9H,3-4H2,1-2H3,(H,16,17,20). The summed E-state index contributed by atoms with van der Waals surface area (Å²) in [6, 6.07) is 5.46. The van der Waals surface area contributed by atoms with Crippen LogP contribution in [0.1, 0.15) is 44.0 Å². The van der Waals surface area contributed by atoms with Crippen molar-refractivity contribution in [1.29, 1.82) is 5.26 Å². The van der Waals surface area contributed by atoms with Gasteiger partial charge in [0.15, 0.2) is 11.3 Å². The number of nitriles is 1. The summed E-state index contributed by atoms with van der Waals surface area (Å²) >= 11 is 0. The number of nitrogens with zero attached hydrogens (tertiary/aromatic N) is 4. The van der Waals surface area contributed by atoms with E-state index >= 15 is 0 Å². The van der Waals surface area contributed by atoms with Crippen LogP contribution in [0.2, 0.25) is 0 Å². The van der Waals surface area contributed by atoms with E-state index in [0.717, 1.165) is 18.5 Å². The molecule has 0 radical (unpaired) electrons. The fourth-order valence-electron chi connectivity index (χ4n) is 2.10. The predicted molar refractivity (Wildman–Crippen MR) is 73.1 cm³/mol. The number of carbonyl (C=O) groups is 1. The van der Waals surface area contributed by atoms with Crippen LogP contribution in [0.15, 0.2) is 12.1 Å². The lowest BCUT2D eigenvalue weighted by atomic mass is 10.1. The summed E-state index contributed by atoms with van der Waals surface area (Å²) in [7, 11) is 0. The molecule has 6 heteroatoms. The lowest BCUT2D eigenvalue weighted by Crippen LogP contribution is -2.15. The van der Waals surface area contributed by atoms with Crippen LogP contribution >= 0.6 is 0 Å². The van der Waals surface area contributed by atoms with Gasteiger partial charge in [0.1, 0.15) is 11.9 Å². The highest BCUT2D eigenvalue weighted by atomic mass is 16.2. The number of anilines is 1. The molecule has 0 saturated heterocycles. The van der Waals surface area contributed by atoms with Gasteiger partial charge in [-0.25, -0.2) is 9.50 Å². The Hall–Kier alpha value is -2.42. The summed E-state index contributed by atoms with van der Waals surface area (Å²) in [4.78, 5) is 16.2. The highest BCUT2D eigenvalue weighted by molar-refractivity contribution is 5.93. The van der Waals surface area contributed by atoms with Gasteiger partial charge in [0.25, 0.3) is 0 Å². The third-order valence-electron chi connectivity index (χ3n) is 3.36. The Morgan fingerprint density at radius 2 is 2.25 bits per heavy atom. The average molecular weight is 269 g/mol. The Labute approximate surface area is 116 Å². The average Bonchev–Trinajstić information content (AvgIpc) is 3.17. The van der Waals surface area contributed by atoms with E-state index in [4.69, 9.17) is 5.26 Å². The van der Waals surface area contributed by atoms with Gasteiger partial charge in [0.2, 0.25) is 5.91 Å². The summed E-state index contributed by atoms with van der Waals surface area (Å²) in [6.45, 7) is 4.07. The predicted octanol–water partition coefficient (Wildman–Crippen LogP) is 2.07. The largest absolute Gasteiger partial charge is 0.310 e. The molecule has 6 nitrogen and oxygen atoms in total. The molecule has 0 bridgehead atoms. The van der Waals surface area contributed by atoms with Crippen LogP contribution in [0.25, 0.3) is 5.65 Å². The highest BCUT2D eigenvalue weighted by Gasteiger charge is 2.30. The van der Waals surface area contributed by atoms with Crippen molar-refractivity contribution in [2.75, 3.05) is 5.32 Å².